The van der Waals surface area contributed by atoms with E-state index in [0.717, 1.165) is 58.5 Å². The lowest BCUT2D eigenvalue weighted by Crippen LogP contribution is -2.81. The molecule has 1 spiro atoms. The number of hydrogen-bond acceptors (Lipinski definition) is 10. The smallest absolute Gasteiger partial charge is 0.344 e. The molecule has 3 unspecified atom stereocenters. The first-order valence-electron chi connectivity index (χ1n) is 20.2. The molecule has 9 rings (SSSR count). The molecule has 6 aliphatic rings. The number of likely N-dealkylation sites (N-methyl/N-ethyl adjacent to an activating group) is 1. The number of methoxy groups -OCH3 is 2. The van der Waals surface area contributed by atoms with E-state index in [2.05, 4.69) is 64.2 Å². The zero-order valence-electron chi connectivity index (χ0n) is 33.6. The number of aliphatic hydroxyl groups is 1. The van der Waals surface area contributed by atoms with Gasteiger partial charge in [0.15, 0.2) is 6.10 Å². The van der Waals surface area contributed by atoms with Gasteiger partial charge in [0, 0.05) is 90.9 Å². The highest BCUT2D eigenvalue weighted by Crippen LogP contribution is 2.68. The Morgan fingerprint density at radius 1 is 1.04 bits per heavy atom. The first-order valence-corrected chi connectivity index (χ1v) is 20.2. The van der Waals surface area contributed by atoms with Gasteiger partial charge in [0.25, 0.3) is 0 Å². The lowest BCUT2D eigenvalue weighted by Gasteiger charge is -2.63. The third kappa shape index (κ3) is 4.59. The summed E-state index contributed by atoms with van der Waals surface area (Å²) in [5, 5.41) is 14.4. The van der Waals surface area contributed by atoms with Crippen molar-refractivity contribution in [3.8, 4) is 5.75 Å². The van der Waals surface area contributed by atoms with E-state index in [1.165, 1.54) is 19.6 Å². The minimum absolute atomic E-state index is 0.0237. The topological polar surface area (TPSA) is 125 Å². The fourth-order valence-corrected chi connectivity index (χ4v) is 12.9. The number of hydrogen-bond donors (Lipinski definition) is 2. The predicted octanol–water partition coefficient (Wildman–Crippen LogP) is 5.17. The molecule has 9 atom stereocenters. The minimum atomic E-state index is -2.25. The van der Waals surface area contributed by atoms with Crippen molar-refractivity contribution < 1.29 is 33.7 Å². The van der Waals surface area contributed by atoms with E-state index in [0.29, 0.717) is 44.6 Å². The zero-order chi connectivity index (χ0) is 39.5. The molecule has 6 heterocycles. The molecule has 2 aromatic carbocycles. The van der Waals surface area contributed by atoms with Gasteiger partial charge in [-0.15, -0.1) is 0 Å². The summed E-state index contributed by atoms with van der Waals surface area (Å²) < 4.78 is 18.0. The number of ether oxygens (including phenoxy) is 3. The van der Waals surface area contributed by atoms with Crippen molar-refractivity contribution in [1.82, 2.24) is 14.8 Å². The Hall–Kier alpha value is -4.45. The van der Waals surface area contributed by atoms with Crippen molar-refractivity contribution in [3.63, 3.8) is 0 Å². The molecule has 2 fully saturated rings. The van der Waals surface area contributed by atoms with E-state index in [1.807, 2.05) is 31.0 Å². The number of Topliss-reactive ketones (excluding diaryl/α,β-unsaturated/α-hetero) is 1. The van der Waals surface area contributed by atoms with Crippen molar-refractivity contribution in [1.29, 1.82) is 0 Å². The summed E-state index contributed by atoms with van der Waals surface area (Å²) in [5.41, 5.74) is 1.81. The second kappa shape index (κ2) is 12.8. The molecule has 0 radical (unpaired) electrons. The highest BCUT2D eigenvalue weighted by Gasteiger charge is 2.80. The van der Waals surface area contributed by atoms with E-state index >= 15 is 4.79 Å². The van der Waals surface area contributed by atoms with Crippen LogP contribution in [0.25, 0.3) is 10.9 Å². The van der Waals surface area contributed by atoms with Crippen molar-refractivity contribution in [2.24, 2.45) is 11.3 Å². The van der Waals surface area contributed by atoms with Gasteiger partial charge < -0.3 is 29.2 Å². The molecule has 1 aliphatic carbocycles. The maximum absolute atomic E-state index is 15.0. The fourth-order valence-electron chi connectivity index (χ4n) is 12.9. The number of aromatic nitrogens is 1. The fraction of sp³-hybridized carbons (Fsp3) is 0.533. The van der Waals surface area contributed by atoms with E-state index in [4.69, 9.17) is 14.2 Å². The molecule has 5 aliphatic heterocycles. The van der Waals surface area contributed by atoms with Crippen LogP contribution in [0.5, 0.6) is 5.75 Å². The van der Waals surface area contributed by atoms with Gasteiger partial charge in [-0.2, -0.15) is 0 Å². The third-order valence-electron chi connectivity index (χ3n) is 14.8. The number of aromatic amines is 1. The first-order chi connectivity index (χ1) is 26.8. The molecule has 1 saturated carbocycles. The zero-order valence-corrected chi connectivity index (χ0v) is 33.6. The molecule has 0 amide bonds. The number of nitrogens with one attached hydrogen (secondary N) is 1. The van der Waals surface area contributed by atoms with Gasteiger partial charge in [-0.3, -0.25) is 19.4 Å². The summed E-state index contributed by atoms with van der Waals surface area (Å²) in [5.74, 6) is -0.721. The Morgan fingerprint density at radius 2 is 1.82 bits per heavy atom. The molecular weight excluding hydrogens is 709 g/mol. The lowest BCUT2D eigenvalue weighted by molar-refractivity contribution is -0.228. The van der Waals surface area contributed by atoms with E-state index in [-0.39, 0.29) is 17.7 Å². The molecule has 3 aromatic rings. The summed E-state index contributed by atoms with van der Waals surface area (Å²) in [6.45, 7) is 11.1. The number of benzene rings is 2. The van der Waals surface area contributed by atoms with E-state index < -0.39 is 45.9 Å². The molecular formula is C45H54N4O7. The van der Waals surface area contributed by atoms with Crippen LogP contribution in [0.2, 0.25) is 0 Å². The number of esters is 2. The molecule has 296 valence electrons. The van der Waals surface area contributed by atoms with Gasteiger partial charge in [0.05, 0.1) is 25.7 Å². The van der Waals surface area contributed by atoms with Crippen LogP contribution >= 0.6 is 0 Å². The van der Waals surface area contributed by atoms with Crippen molar-refractivity contribution in [2.75, 3.05) is 52.3 Å². The van der Waals surface area contributed by atoms with Gasteiger partial charge in [0.2, 0.25) is 5.60 Å². The number of fused-ring (bicyclic) bond motifs is 6. The number of carbonyl (C=O) groups is 3. The van der Waals surface area contributed by atoms with E-state index in [1.54, 1.807) is 14.0 Å². The summed E-state index contributed by atoms with van der Waals surface area (Å²) >= 11 is 0. The molecule has 1 saturated heterocycles. The largest absolute Gasteiger partial charge is 0.496 e. The monoisotopic (exact) mass is 762 g/mol. The van der Waals surface area contributed by atoms with Crippen molar-refractivity contribution >= 4 is 34.3 Å². The van der Waals surface area contributed by atoms with Crippen LogP contribution in [0.4, 0.5) is 5.69 Å². The maximum atomic E-state index is 15.0. The van der Waals surface area contributed by atoms with Crippen LogP contribution in [-0.4, -0.2) is 109 Å². The number of ketones is 1. The Kier molecular flexibility index (Phi) is 8.48. The molecule has 2 bridgehead atoms. The number of anilines is 1. The Labute approximate surface area is 328 Å². The highest BCUT2D eigenvalue weighted by molar-refractivity contribution is 5.97. The molecule has 1 aromatic heterocycles. The standard InChI is InChI=1S/C45H54N4O7/c1-8-28-19-29-22-44(26(3)50,37-31(25-48(23-28)24-29)30-13-10-11-14-34(30)46-37)33-20-32-35(21-36(33)54-6)47(5)39-43(32)16-18-49-17-12-15-42(9-2,38(43)49)40(56-27(4)51)45(39,53)41(52)55-7/h10-15,19-21,29,38-40,46,53H,8-9,16-18,22-25H2,1-7H3/t29-,38-,39+,40+,42+,43?,44-,45?/m0/s1. The molecule has 2 N–H and O–H groups in total. The summed E-state index contributed by atoms with van der Waals surface area (Å²) in [4.78, 5) is 53.1. The van der Waals surface area contributed by atoms with Crippen LogP contribution < -0.4 is 9.64 Å². The quantitative estimate of drug-likeness (QED) is 0.246. The number of rotatable bonds is 7. The number of nitrogens with zero attached hydrogens (tertiary/aromatic N) is 3. The first kappa shape index (κ1) is 37.1. The number of para-hydroxylation sites is 1. The van der Waals surface area contributed by atoms with Crippen LogP contribution in [0.3, 0.4) is 0 Å². The lowest BCUT2D eigenvalue weighted by atomic mass is 9.47. The summed E-state index contributed by atoms with van der Waals surface area (Å²) in [7, 11) is 4.83. The Balaban J connectivity index is 1.36. The second-order valence-corrected chi connectivity index (χ2v) is 17.2. The maximum Gasteiger partial charge on any atom is 0.344 e. The van der Waals surface area contributed by atoms with Gasteiger partial charge in [-0.25, -0.2) is 4.79 Å². The average Bonchev–Trinajstić information content (AvgIpc) is 3.84. The Bertz CT molecular complexity index is 2230. The van der Waals surface area contributed by atoms with Crippen molar-refractivity contribution in [3.05, 3.63) is 82.6 Å². The Morgan fingerprint density at radius 3 is 2.52 bits per heavy atom. The number of carbonyl (C=O) groups excluding carboxylic acids is 3. The minimum Gasteiger partial charge on any atom is -0.496 e. The summed E-state index contributed by atoms with van der Waals surface area (Å²) in [6, 6.07) is 11.4. The van der Waals surface area contributed by atoms with Gasteiger partial charge in [-0.05, 0) is 68.3 Å². The van der Waals surface area contributed by atoms with Crippen molar-refractivity contribution in [2.45, 2.75) is 94.5 Å². The second-order valence-electron chi connectivity index (χ2n) is 17.2. The molecule has 11 nitrogen and oxygen atoms in total. The van der Waals surface area contributed by atoms with Crippen LogP contribution in [0.15, 0.2) is 60.2 Å². The van der Waals surface area contributed by atoms with Crippen LogP contribution in [-0.2, 0) is 41.2 Å². The van der Waals surface area contributed by atoms with Crippen LogP contribution in [0.1, 0.15) is 75.8 Å². The third-order valence-corrected chi connectivity index (χ3v) is 14.8. The number of H-pyrrole nitrogens is 1. The predicted molar refractivity (Wildman–Crippen MR) is 213 cm³/mol. The average molecular weight is 763 g/mol. The van der Waals surface area contributed by atoms with Gasteiger partial charge in [0.1, 0.15) is 11.5 Å². The molecule has 11 heteroatoms. The SMILES string of the molecule is CCC1=C[C@@H]2CN(C1)Cc1c([nH]c3ccccc13)[C@@](C(C)=O)(c1cc3c(cc1OC)N(C)[C@H]1C(O)(C(=O)OC)[C@H](OC(C)=O)[C@]4(CC)C=CCN5CCC31[C@@H]54)C2. The molecule has 56 heavy (non-hydrogen) atoms. The van der Waals surface area contributed by atoms with E-state index in [9.17, 15) is 14.7 Å². The van der Waals surface area contributed by atoms with Gasteiger partial charge >= 0.3 is 11.9 Å². The highest BCUT2D eigenvalue weighted by atomic mass is 16.6. The van der Waals surface area contributed by atoms with Gasteiger partial charge in [-0.1, -0.05) is 55.8 Å². The summed E-state index contributed by atoms with van der Waals surface area (Å²) in [6.07, 6.45) is 7.95. The van der Waals surface area contributed by atoms with Crippen LogP contribution in [0, 0.1) is 11.3 Å². The normalized spacial score (nSPS) is 35.4.